The molecule has 0 spiro atoms. The zero-order valence-electron chi connectivity index (χ0n) is 14.5. The standard InChI is InChI=1S/C20H16Cl2N2O3/c1-26-16-7-6-14(10-15(16)22)23-19(25)20(8-9-20)18-11-17(27-24-18)12-2-4-13(21)5-3-12/h2-7,10-11H,8-9H2,1H3,(H,23,25). The van der Waals surface area contributed by atoms with Crippen LogP contribution in [0.15, 0.2) is 53.1 Å². The number of hydrogen-bond donors (Lipinski definition) is 1. The van der Waals surface area contributed by atoms with E-state index >= 15 is 0 Å². The number of carbonyl (C=O) groups excluding carboxylic acids is 1. The SMILES string of the molecule is COc1ccc(NC(=O)C2(c3cc(-c4ccc(Cl)cc4)on3)CC2)cc1Cl. The molecule has 1 N–H and O–H groups in total. The van der Waals surface area contributed by atoms with Crippen LogP contribution in [0.3, 0.4) is 0 Å². The van der Waals surface area contributed by atoms with Crippen LogP contribution < -0.4 is 10.1 Å². The number of halogens is 2. The van der Waals surface area contributed by atoms with Crippen molar-refractivity contribution in [2.24, 2.45) is 0 Å². The molecule has 4 rings (SSSR count). The van der Waals surface area contributed by atoms with Crippen LogP contribution in [0, 0.1) is 0 Å². The Morgan fingerprint density at radius 1 is 1.15 bits per heavy atom. The molecule has 1 fully saturated rings. The van der Waals surface area contributed by atoms with Gasteiger partial charge in [-0.25, -0.2) is 0 Å². The molecule has 0 aliphatic heterocycles. The maximum atomic E-state index is 12.9. The lowest BCUT2D eigenvalue weighted by Crippen LogP contribution is -2.28. The van der Waals surface area contributed by atoms with Gasteiger partial charge in [0.1, 0.15) is 5.75 Å². The van der Waals surface area contributed by atoms with E-state index in [1.54, 1.807) is 37.4 Å². The van der Waals surface area contributed by atoms with Gasteiger partial charge in [-0.2, -0.15) is 0 Å². The van der Waals surface area contributed by atoms with Crippen molar-refractivity contribution in [3.63, 3.8) is 0 Å². The molecule has 2 aromatic carbocycles. The summed E-state index contributed by atoms with van der Waals surface area (Å²) in [6.07, 6.45) is 1.44. The molecule has 0 bridgehead atoms. The smallest absolute Gasteiger partial charge is 0.236 e. The fourth-order valence-corrected chi connectivity index (χ4v) is 3.35. The van der Waals surface area contributed by atoms with Gasteiger partial charge in [-0.15, -0.1) is 0 Å². The average Bonchev–Trinajstić information content (AvgIpc) is 3.33. The van der Waals surface area contributed by atoms with Crippen LogP contribution in [-0.4, -0.2) is 18.2 Å². The van der Waals surface area contributed by atoms with Crippen molar-refractivity contribution in [2.75, 3.05) is 12.4 Å². The van der Waals surface area contributed by atoms with Gasteiger partial charge >= 0.3 is 0 Å². The number of nitrogens with zero attached hydrogens (tertiary/aromatic N) is 1. The third kappa shape index (κ3) is 3.40. The van der Waals surface area contributed by atoms with Gasteiger partial charge in [0.25, 0.3) is 0 Å². The van der Waals surface area contributed by atoms with E-state index in [4.69, 9.17) is 32.5 Å². The lowest BCUT2D eigenvalue weighted by atomic mass is 10.00. The van der Waals surface area contributed by atoms with E-state index in [0.29, 0.717) is 32.9 Å². The van der Waals surface area contributed by atoms with Crippen molar-refractivity contribution in [2.45, 2.75) is 18.3 Å². The summed E-state index contributed by atoms with van der Waals surface area (Å²) in [6, 6.07) is 14.2. The second kappa shape index (κ2) is 6.91. The van der Waals surface area contributed by atoms with E-state index in [0.717, 1.165) is 18.4 Å². The van der Waals surface area contributed by atoms with Crippen molar-refractivity contribution in [3.8, 4) is 17.1 Å². The Labute approximate surface area is 166 Å². The van der Waals surface area contributed by atoms with Crippen LogP contribution in [0.25, 0.3) is 11.3 Å². The van der Waals surface area contributed by atoms with Crippen LogP contribution in [0.4, 0.5) is 5.69 Å². The predicted octanol–water partition coefficient (Wildman–Crippen LogP) is 5.33. The van der Waals surface area contributed by atoms with Crippen LogP contribution in [0.2, 0.25) is 10.0 Å². The fourth-order valence-electron chi connectivity index (χ4n) is 2.97. The van der Waals surface area contributed by atoms with Crippen molar-refractivity contribution in [1.82, 2.24) is 5.16 Å². The summed E-state index contributed by atoms with van der Waals surface area (Å²) >= 11 is 12.0. The Morgan fingerprint density at radius 2 is 1.89 bits per heavy atom. The van der Waals surface area contributed by atoms with Crippen molar-refractivity contribution in [1.29, 1.82) is 0 Å². The molecule has 0 saturated heterocycles. The molecular weight excluding hydrogens is 387 g/mol. The van der Waals surface area contributed by atoms with Crippen LogP contribution >= 0.6 is 23.2 Å². The van der Waals surface area contributed by atoms with Crippen LogP contribution in [0.1, 0.15) is 18.5 Å². The zero-order valence-corrected chi connectivity index (χ0v) is 16.0. The Kier molecular flexibility index (Phi) is 4.58. The van der Waals surface area contributed by atoms with Crippen molar-refractivity contribution in [3.05, 3.63) is 64.3 Å². The molecule has 7 heteroatoms. The topological polar surface area (TPSA) is 64.4 Å². The molecular formula is C20H16Cl2N2O3. The number of ether oxygens (including phenoxy) is 1. The molecule has 1 saturated carbocycles. The zero-order chi connectivity index (χ0) is 19.0. The predicted molar refractivity (Wildman–Crippen MR) is 104 cm³/mol. The van der Waals surface area contributed by atoms with E-state index in [1.165, 1.54) is 0 Å². The minimum Gasteiger partial charge on any atom is -0.495 e. The first-order valence-corrected chi connectivity index (χ1v) is 9.15. The quantitative estimate of drug-likeness (QED) is 0.626. The van der Waals surface area contributed by atoms with Gasteiger partial charge in [0.15, 0.2) is 5.76 Å². The molecule has 1 amide bonds. The highest BCUT2D eigenvalue weighted by molar-refractivity contribution is 6.32. The largest absolute Gasteiger partial charge is 0.495 e. The van der Waals surface area contributed by atoms with E-state index < -0.39 is 5.41 Å². The number of aromatic nitrogens is 1. The molecule has 1 aromatic heterocycles. The van der Waals surface area contributed by atoms with Crippen molar-refractivity contribution >= 4 is 34.8 Å². The molecule has 27 heavy (non-hydrogen) atoms. The second-order valence-electron chi connectivity index (χ2n) is 6.47. The summed E-state index contributed by atoms with van der Waals surface area (Å²) in [4.78, 5) is 12.9. The molecule has 0 radical (unpaired) electrons. The number of anilines is 1. The molecule has 0 unspecified atom stereocenters. The van der Waals surface area contributed by atoms with E-state index in [9.17, 15) is 4.79 Å². The average molecular weight is 403 g/mol. The lowest BCUT2D eigenvalue weighted by molar-refractivity contribution is -0.118. The van der Waals surface area contributed by atoms with Gasteiger partial charge in [0.05, 0.1) is 23.2 Å². The minimum atomic E-state index is -0.666. The monoisotopic (exact) mass is 402 g/mol. The van der Waals surface area contributed by atoms with Gasteiger partial charge in [-0.05, 0) is 55.3 Å². The molecule has 1 aliphatic carbocycles. The Bertz CT molecular complexity index is 995. The van der Waals surface area contributed by atoms with Crippen LogP contribution in [0.5, 0.6) is 5.75 Å². The summed E-state index contributed by atoms with van der Waals surface area (Å²) in [5, 5.41) is 8.14. The van der Waals surface area contributed by atoms with Gasteiger partial charge in [0.2, 0.25) is 5.91 Å². The number of benzene rings is 2. The molecule has 3 aromatic rings. The summed E-state index contributed by atoms with van der Waals surface area (Å²) < 4.78 is 10.6. The van der Waals surface area contributed by atoms with E-state index in [-0.39, 0.29) is 5.91 Å². The Balaban J connectivity index is 1.54. The van der Waals surface area contributed by atoms with Crippen molar-refractivity contribution < 1.29 is 14.1 Å². The highest BCUT2D eigenvalue weighted by Crippen LogP contribution is 2.49. The number of rotatable bonds is 5. The van der Waals surface area contributed by atoms with Gasteiger partial charge in [0, 0.05) is 22.3 Å². The van der Waals surface area contributed by atoms with Gasteiger partial charge < -0.3 is 14.6 Å². The van der Waals surface area contributed by atoms with Gasteiger partial charge in [-0.3, -0.25) is 4.79 Å². The number of amides is 1. The van der Waals surface area contributed by atoms with E-state index in [2.05, 4.69) is 10.5 Å². The summed E-state index contributed by atoms with van der Waals surface area (Å²) in [5.74, 6) is 1.04. The molecule has 138 valence electrons. The molecule has 5 nitrogen and oxygen atoms in total. The number of hydrogen-bond acceptors (Lipinski definition) is 4. The second-order valence-corrected chi connectivity index (χ2v) is 7.31. The third-order valence-corrected chi connectivity index (χ3v) is 5.27. The van der Waals surface area contributed by atoms with Gasteiger partial charge in [-0.1, -0.05) is 28.4 Å². The minimum absolute atomic E-state index is 0.125. The number of methoxy groups -OCH3 is 1. The molecule has 1 aliphatic rings. The fraction of sp³-hybridized carbons (Fsp3) is 0.200. The normalized spacial score (nSPS) is 14.6. The maximum Gasteiger partial charge on any atom is 0.236 e. The maximum absolute atomic E-state index is 12.9. The first-order valence-electron chi connectivity index (χ1n) is 8.40. The Morgan fingerprint density at radius 3 is 2.52 bits per heavy atom. The number of carbonyl (C=O) groups is 1. The summed E-state index contributed by atoms with van der Waals surface area (Å²) in [5.41, 5.74) is 1.43. The first kappa shape index (κ1) is 17.9. The first-order chi connectivity index (χ1) is 13.0. The third-order valence-electron chi connectivity index (χ3n) is 4.72. The highest BCUT2D eigenvalue weighted by atomic mass is 35.5. The molecule has 1 heterocycles. The summed E-state index contributed by atoms with van der Waals surface area (Å²) in [7, 11) is 1.54. The number of nitrogens with one attached hydrogen (secondary N) is 1. The van der Waals surface area contributed by atoms with E-state index in [1.807, 2.05) is 18.2 Å². The summed E-state index contributed by atoms with van der Waals surface area (Å²) in [6.45, 7) is 0. The van der Waals surface area contributed by atoms with Crippen LogP contribution in [-0.2, 0) is 10.2 Å². The molecule has 0 atom stereocenters. The Hall–Kier alpha value is -2.50. The lowest BCUT2D eigenvalue weighted by Gasteiger charge is -2.13. The highest BCUT2D eigenvalue weighted by Gasteiger charge is 2.53.